The molecule has 1 heterocycles. The van der Waals surface area contributed by atoms with E-state index in [9.17, 15) is 0 Å². The number of para-hydroxylation sites is 1. The Morgan fingerprint density at radius 1 is 1.25 bits per heavy atom. The van der Waals surface area contributed by atoms with Gasteiger partial charge in [0.25, 0.3) is 0 Å². The van der Waals surface area contributed by atoms with Gasteiger partial charge in [-0.05, 0) is 6.07 Å². The number of quaternary nitrogens is 1. The van der Waals surface area contributed by atoms with Crippen molar-refractivity contribution in [1.82, 2.24) is 0 Å². The molecule has 0 aromatic heterocycles. The Kier molecular flexibility index (Phi) is 1.72. The maximum atomic E-state index is 3.97. The molecule has 0 unspecified atom stereocenters. The van der Waals surface area contributed by atoms with Crippen molar-refractivity contribution in [3.05, 3.63) is 35.6 Å². The largest absolute Gasteiger partial charge is 0.263 e. The summed E-state index contributed by atoms with van der Waals surface area (Å²) in [5, 5.41) is 9.73. The van der Waals surface area contributed by atoms with Crippen molar-refractivity contribution < 1.29 is 5.32 Å². The smallest absolute Gasteiger partial charge is 0.249 e. The zero-order valence-electron chi connectivity index (χ0n) is 6.86. The molecule has 1 aliphatic rings. The van der Waals surface area contributed by atoms with Crippen molar-refractivity contribution in [2.75, 3.05) is 7.05 Å². The van der Waals surface area contributed by atoms with Gasteiger partial charge in [-0.25, -0.2) is 0 Å². The summed E-state index contributed by atoms with van der Waals surface area (Å²) in [7, 11) is 1.68. The SMILES string of the molecule is CN=NC1=Cc2ccccc2[NH2+]1. The van der Waals surface area contributed by atoms with E-state index in [0.717, 1.165) is 5.82 Å². The van der Waals surface area contributed by atoms with Crippen LogP contribution in [0.5, 0.6) is 0 Å². The molecule has 2 rings (SSSR count). The highest BCUT2D eigenvalue weighted by Crippen LogP contribution is 2.17. The molecule has 1 aromatic rings. The fourth-order valence-corrected chi connectivity index (χ4v) is 1.31. The first-order valence-electron chi connectivity index (χ1n) is 3.85. The van der Waals surface area contributed by atoms with E-state index < -0.39 is 0 Å². The first kappa shape index (κ1) is 7.18. The van der Waals surface area contributed by atoms with Gasteiger partial charge in [0.15, 0.2) is 0 Å². The van der Waals surface area contributed by atoms with Gasteiger partial charge in [-0.3, -0.25) is 5.32 Å². The number of hydrogen-bond donors (Lipinski definition) is 1. The molecule has 2 N–H and O–H groups in total. The van der Waals surface area contributed by atoms with E-state index in [1.165, 1.54) is 11.3 Å². The van der Waals surface area contributed by atoms with Gasteiger partial charge in [0, 0.05) is 24.8 Å². The topological polar surface area (TPSA) is 41.3 Å². The molecule has 0 aliphatic carbocycles. The van der Waals surface area contributed by atoms with Crippen molar-refractivity contribution in [2.45, 2.75) is 0 Å². The van der Waals surface area contributed by atoms with Gasteiger partial charge in [-0.15, -0.1) is 0 Å². The molecule has 0 saturated carbocycles. The van der Waals surface area contributed by atoms with Crippen LogP contribution in [-0.4, -0.2) is 7.05 Å². The number of nitrogens with zero attached hydrogens (tertiary/aromatic N) is 2. The lowest BCUT2D eigenvalue weighted by atomic mass is 10.2. The fourth-order valence-electron chi connectivity index (χ4n) is 1.31. The number of benzene rings is 1. The third-order valence-electron chi connectivity index (χ3n) is 1.82. The summed E-state index contributed by atoms with van der Waals surface area (Å²) < 4.78 is 0. The lowest BCUT2D eigenvalue weighted by molar-refractivity contribution is -0.514. The standard InChI is InChI=1S/C9H9N3/c1-10-12-9-6-7-4-2-3-5-8(7)11-9/h2-6,11H,1H3/p+1. The van der Waals surface area contributed by atoms with Crippen LogP contribution in [-0.2, 0) is 0 Å². The van der Waals surface area contributed by atoms with Crippen LogP contribution in [0, 0.1) is 0 Å². The molecule has 0 radical (unpaired) electrons. The average Bonchev–Trinajstić information content (AvgIpc) is 2.47. The van der Waals surface area contributed by atoms with Crippen molar-refractivity contribution in [1.29, 1.82) is 0 Å². The van der Waals surface area contributed by atoms with Gasteiger partial charge >= 0.3 is 0 Å². The molecular weight excluding hydrogens is 150 g/mol. The lowest BCUT2D eigenvalue weighted by Gasteiger charge is -1.91. The Morgan fingerprint density at radius 3 is 2.83 bits per heavy atom. The van der Waals surface area contributed by atoms with E-state index >= 15 is 0 Å². The minimum atomic E-state index is 0.929. The van der Waals surface area contributed by atoms with Crippen LogP contribution < -0.4 is 5.32 Å². The van der Waals surface area contributed by atoms with Crippen molar-refractivity contribution in [3.8, 4) is 0 Å². The van der Waals surface area contributed by atoms with E-state index in [4.69, 9.17) is 0 Å². The zero-order chi connectivity index (χ0) is 8.39. The molecule has 0 bridgehead atoms. The second kappa shape index (κ2) is 2.87. The monoisotopic (exact) mass is 160 g/mol. The van der Waals surface area contributed by atoms with Crippen LogP contribution in [0.15, 0.2) is 40.3 Å². The molecular formula is C9H10N3+. The summed E-state index contributed by atoms with van der Waals surface area (Å²) in [5.74, 6) is 0.929. The van der Waals surface area contributed by atoms with Crippen LogP contribution in [0.3, 0.4) is 0 Å². The normalized spacial score (nSPS) is 14.9. The Hall–Kier alpha value is -1.48. The fraction of sp³-hybridized carbons (Fsp3) is 0.111. The highest BCUT2D eigenvalue weighted by molar-refractivity contribution is 5.64. The van der Waals surface area contributed by atoms with Crippen molar-refractivity contribution >= 4 is 11.8 Å². The molecule has 3 nitrogen and oxygen atoms in total. The van der Waals surface area contributed by atoms with Crippen LogP contribution in [0.2, 0.25) is 0 Å². The van der Waals surface area contributed by atoms with E-state index in [0.29, 0.717) is 0 Å². The van der Waals surface area contributed by atoms with Crippen LogP contribution in [0.1, 0.15) is 5.56 Å². The third-order valence-corrected chi connectivity index (χ3v) is 1.82. The van der Waals surface area contributed by atoms with E-state index in [2.05, 4.69) is 22.4 Å². The van der Waals surface area contributed by atoms with Gasteiger partial charge in [0.05, 0.1) is 0 Å². The first-order chi connectivity index (χ1) is 5.90. The molecule has 3 heteroatoms. The lowest BCUT2D eigenvalue weighted by Crippen LogP contribution is -2.73. The molecule has 0 fully saturated rings. The predicted molar refractivity (Wildman–Crippen MR) is 46.8 cm³/mol. The van der Waals surface area contributed by atoms with Crippen LogP contribution in [0.4, 0.5) is 5.69 Å². The van der Waals surface area contributed by atoms with Crippen molar-refractivity contribution in [2.24, 2.45) is 10.2 Å². The molecule has 0 saturated heterocycles. The molecule has 12 heavy (non-hydrogen) atoms. The second-order valence-electron chi connectivity index (χ2n) is 2.64. The summed E-state index contributed by atoms with van der Waals surface area (Å²) in [6.45, 7) is 0. The summed E-state index contributed by atoms with van der Waals surface area (Å²) in [5.41, 5.74) is 2.44. The number of rotatable bonds is 1. The molecule has 0 amide bonds. The molecule has 0 atom stereocenters. The first-order valence-corrected chi connectivity index (χ1v) is 3.85. The van der Waals surface area contributed by atoms with Gasteiger partial charge in [0.2, 0.25) is 5.82 Å². The third kappa shape index (κ3) is 1.14. The highest BCUT2D eigenvalue weighted by Gasteiger charge is 2.15. The number of fused-ring (bicyclic) bond motifs is 1. The van der Waals surface area contributed by atoms with E-state index in [1.54, 1.807) is 7.05 Å². The molecule has 0 spiro atoms. The number of hydrogen-bond acceptors (Lipinski definition) is 2. The van der Waals surface area contributed by atoms with E-state index in [-0.39, 0.29) is 0 Å². The Bertz CT molecular complexity index is 353. The quantitative estimate of drug-likeness (QED) is 0.475. The summed E-state index contributed by atoms with van der Waals surface area (Å²) in [6.07, 6.45) is 2.03. The molecule has 60 valence electrons. The van der Waals surface area contributed by atoms with Gasteiger partial charge in [-0.2, -0.15) is 5.11 Å². The Labute approximate surface area is 70.8 Å². The summed E-state index contributed by atoms with van der Waals surface area (Å²) >= 11 is 0. The Morgan fingerprint density at radius 2 is 2.08 bits per heavy atom. The van der Waals surface area contributed by atoms with Crippen molar-refractivity contribution in [3.63, 3.8) is 0 Å². The minimum absolute atomic E-state index is 0.929. The van der Waals surface area contributed by atoms with Crippen LogP contribution >= 0.6 is 0 Å². The van der Waals surface area contributed by atoms with Crippen LogP contribution in [0.25, 0.3) is 6.08 Å². The highest BCUT2D eigenvalue weighted by atomic mass is 15.2. The van der Waals surface area contributed by atoms with Gasteiger partial charge in [0.1, 0.15) is 5.69 Å². The average molecular weight is 160 g/mol. The number of azo groups is 1. The molecule has 1 aliphatic heterocycles. The minimum Gasteiger partial charge on any atom is -0.263 e. The maximum Gasteiger partial charge on any atom is 0.249 e. The van der Waals surface area contributed by atoms with Gasteiger partial charge < -0.3 is 0 Å². The summed E-state index contributed by atoms with van der Waals surface area (Å²) in [4.78, 5) is 0. The maximum absolute atomic E-state index is 3.97. The zero-order valence-corrected chi connectivity index (χ0v) is 6.86. The second-order valence-corrected chi connectivity index (χ2v) is 2.64. The number of nitrogens with two attached hydrogens (primary N) is 1. The van der Waals surface area contributed by atoms with Gasteiger partial charge in [-0.1, -0.05) is 17.2 Å². The van der Waals surface area contributed by atoms with E-state index in [1.807, 2.05) is 23.5 Å². The predicted octanol–water partition coefficient (Wildman–Crippen LogP) is 1.28. The molecule has 1 aromatic carbocycles. The Balaban J connectivity index is 2.35. The summed E-state index contributed by atoms with van der Waals surface area (Å²) in [6, 6.07) is 8.19.